The molecule has 1 aromatic carbocycles. The molecule has 1 saturated heterocycles. The highest BCUT2D eigenvalue weighted by Gasteiger charge is 2.20. The van der Waals surface area contributed by atoms with Crippen molar-refractivity contribution in [3.05, 3.63) is 56.8 Å². The highest BCUT2D eigenvalue weighted by atomic mass is 35.5. The zero-order chi connectivity index (χ0) is 18.8. The number of hydrogen-bond acceptors (Lipinski definition) is 6. The van der Waals surface area contributed by atoms with Crippen LogP contribution in [0.4, 0.5) is 0 Å². The molecule has 2 aromatic heterocycles. The number of rotatable bonds is 5. The maximum absolute atomic E-state index is 6.08. The Bertz CT molecular complexity index is 914. The molecule has 0 spiro atoms. The van der Waals surface area contributed by atoms with E-state index in [2.05, 4.69) is 27.1 Å². The van der Waals surface area contributed by atoms with Crippen molar-refractivity contribution in [1.29, 1.82) is 0 Å². The Morgan fingerprint density at radius 3 is 2.48 bits per heavy atom. The molecule has 0 unspecified atom stereocenters. The first-order valence-electron chi connectivity index (χ1n) is 9.15. The molecule has 0 N–H and O–H groups in total. The Morgan fingerprint density at radius 1 is 1.07 bits per heavy atom. The van der Waals surface area contributed by atoms with Crippen molar-refractivity contribution >= 4 is 22.9 Å². The second kappa shape index (κ2) is 8.10. The Labute approximate surface area is 168 Å². The SMILES string of the molecule is Cc1nc(CN2CCN(Cc3nc(-c4cccc(Cl)c4)oc3C)CC2)cs1. The lowest BCUT2D eigenvalue weighted by molar-refractivity contribution is 0.120. The molecule has 1 aliphatic rings. The maximum Gasteiger partial charge on any atom is 0.226 e. The minimum atomic E-state index is 0.641. The van der Waals surface area contributed by atoms with E-state index < -0.39 is 0 Å². The third kappa shape index (κ3) is 4.58. The third-order valence-electron chi connectivity index (χ3n) is 4.85. The lowest BCUT2D eigenvalue weighted by Gasteiger charge is -2.33. The van der Waals surface area contributed by atoms with Gasteiger partial charge in [-0.3, -0.25) is 9.80 Å². The van der Waals surface area contributed by atoms with E-state index in [0.29, 0.717) is 10.9 Å². The third-order valence-corrected chi connectivity index (χ3v) is 5.91. The number of hydrogen-bond donors (Lipinski definition) is 0. The van der Waals surface area contributed by atoms with Gasteiger partial charge >= 0.3 is 0 Å². The van der Waals surface area contributed by atoms with E-state index in [-0.39, 0.29) is 0 Å². The first-order valence-corrected chi connectivity index (χ1v) is 10.4. The number of aromatic nitrogens is 2. The smallest absolute Gasteiger partial charge is 0.226 e. The summed E-state index contributed by atoms with van der Waals surface area (Å²) in [5.41, 5.74) is 3.11. The summed E-state index contributed by atoms with van der Waals surface area (Å²) in [5, 5.41) is 4.00. The van der Waals surface area contributed by atoms with Crippen LogP contribution in [-0.2, 0) is 13.1 Å². The van der Waals surface area contributed by atoms with E-state index in [0.717, 1.165) is 61.3 Å². The van der Waals surface area contributed by atoms with Crippen LogP contribution in [0.15, 0.2) is 34.1 Å². The number of halogens is 1. The number of piperazine rings is 1. The van der Waals surface area contributed by atoms with Gasteiger partial charge in [-0.1, -0.05) is 17.7 Å². The largest absolute Gasteiger partial charge is 0.441 e. The number of benzene rings is 1. The molecule has 0 amide bonds. The second-order valence-corrected chi connectivity index (χ2v) is 8.44. The molecule has 27 heavy (non-hydrogen) atoms. The molecule has 1 aliphatic heterocycles. The average Bonchev–Trinajstić information content (AvgIpc) is 3.22. The number of nitrogens with zero attached hydrogens (tertiary/aromatic N) is 4. The van der Waals surface area contributed by atoms with Gasteiger partial charge in [0, 0.05) is 55.2 Å². The second-order valence-electron chi connectivity index (χ2n) is 6.94. The summed E-state index contributed by atoms with van der Waals surface area (Å²) in [6.07, 6.45) is 0. The molecule has 0 atom stereocenters. The van der Waals surface area contributed by atoms with Crippen LogP contribution < -0.4 is 0 Å². The highest BCUT2D eigenvalue weighted by molar-refractivity contribution is 7.09. The monoisotopic (exact) mass is 402 g/mol. The lowest BCUT2D eigenvalue weighted by atomic mass is 10.2. The van der Waals surface area contributed by atoms with Crippen molar-refractivity contribution in [3.8, 4) is 11.5 Å². The fraction of sp³-hybridized carbons (Fsp3) is 0.400. The Balaban J connectivity index is 1.35. The molecular weight excluding hydrogens is 380 g/mol. The predicted octanol–water partition coefficient (Wildman–Crippen LogP) is 4.39. The minimum absolute atomic E-state index is 0.641. The van der Waals surface area contributed by atoms with Crippen LogP contribution in [-0.4, -0.2) is 45.9 Å². The van der Waals surface area contributed by atoms with Crippen LogP contribution >= 0.6 is 22.9 Å². The zero-order valence-electron chi connectivity index (χ0n) is 15.6. The van der Waals surface area contributed by atoms with Crippen LogP contribution in [0.2, 0.25) is 5.02 Å². The minimum Gasteiger partial charge on any atom is -0.441 e. The van der Waals surface area contributed by atoms with Gasteiger partial charge in [-0.2, -0.15) is 0 Å². The molecule has 0 radical (unpaired) electrons. The molecule has 1 fully saturated rings. The van der Waals surface area contributed by atoms with Gasteiger partial charge in [0.1, 0.15) is 5.76 Å². The van der Waals surface area contributed by atoms with Crippen LogP contribution in [0, 0.1) is 13.8 Å². The summed E-state index contributed by atoms with van der Waals surface area (Å²) in [5.74, 6) is 1.52. The lowest BCUT2D eigenvalue weighted by Crippen LogP contribution is -2.45. The van der Waals surface area contributed by atoms with Crippen LogP contribution in [0.25, 0.3) is 11.5 Å². The Morgan fingerprint density at radius 2 is 1.81 bits per heavy atom. The van der Waals surface area contributed by atoms with Crippen molar-refractivity contribution < 1.29 is 4.42 Å². The number of thiazole rings is 1. The quantitative estimate of drug-likeness (QED) is 0.633. The summed E-state index contributed by atoms with van der Waals surface area (Å²) >= 11 is 7.81. The molecule has 0 bridgehead atoms. The topological polar surface area (TPSA) is 45.4 Å². The summed E-state index contributed by atoms with van der Waals surface area (Å²) in [7, 11) is 0. The Kier molecular flexibility index (Phi) is 5.59. The molecule has 0 saturated carbocycles. The van der Waals surface area contributed by atoms with Gasteiger partial charge in [0.2, 0.25) is 5.89 Å². The van der Waals surface area contributed by atoms with Gasteiger partial charge in [-0.05, 0) is 32.0 Å². The fourth-order valence-corrected chi connectivity index (χ4v) is 4.14. The van der Waals surface area contributed by atoms with E-state index in [9.17, 15) is 0 Å². The van der Waals surface area contributed by atoms with Crippen LogP contribution in [0.1, 0.15) is 22.2 Å². The van der Waals surface area contributed by atoms with Gasteiger partial charge in [0.25, 0.3) is 0 Å². The van der Waals surface area contributed by atoms with Gasteiger partial charge in [-0.15, -0.1) is 11.3 Å². The summed E-state index contributed by atoms with van der Waals surface area (Å²) in [6, 6.07) is 7.63. The van der Waals surface area contributed by atoms with Gasteiger partial charge in [0.15, 0.2) is 0 Å². The summed E-state index contributed by atoms with van der Waals surface area (Å²) < 4.78 is 5.89. The van der Waals surface area contributed by atoms with Crippen LogP contribution in [0.5, 0.6) is 0 Å². The molecule has 5 nitrogen and oxygen atoms in total. The van der Waals surface area contributed by atoms with E-state index in [4.69, 9.17) is 21.0 Å². The van der Waals surface area contributed by atoms with E-state index in [1.807, 2.05) is 31.2 Å². The number of oxazole rings is 1. The maximum atomic E-state index is 6.08. The zero-order valence-corrected chi connectivity index (χ0v) is 17.2. The van der Waals surface area contributed by atoms with Crippen molar-refractivity contribution in [2.75, 3.05) is 26.2 Å². The molecule has 3 heterocycles. The molecular formula is C20H23ClN4OS. The predicted molar refractivity (Wildman–Crippen MR) is 109 cm³/mol. The van der Waals surface area contributed by atoms with Crippen molar-refractivity contribution in [2.24, 2.45) is 0 Å². The molecule has 0 aliphatic carbocycles. The normalized spacial score (nSPS) is 16.1. The van der Waals surface area contributed by atoms with E-state index >= 15 is 0 Å². The van der Waals surface area contributed by atoms with Crippen molar-refractivity contribution in [3.63, 3.8) is 0 Å². The first-order chi connectivity index (χ1) is 13.1. The van der Waals surface area contributed by atoms with E-state index in [1.165, 1.54) is 5.69 Å². The van der Waals surface area contributed by atoms with Crippen molar-refractivity contribution in [1.82, 2.24) is 19.8 Å². The molecule has 4 rings (SSSR count). The summed E-state index contributed by atoms with van der Waals surface area (Å²) in [6.45, 7) is 9.97. The number of aryl methyl sites for hydroxylation is 2. The molecule has 7 heteroatoms. The molecule has 142 valence electrons. The highest BCUT2D eigenvalue weighted by Crippen LogP contribution is 2.25. The average molecular weight is 403 g/mol. The first kappa shape index (κ1) is 18.6. The fourth-order valence-electron chi connectivity index (χ4n) is 3.35. The Hall–Kier alpha value is -1.73. The summed E-state index contributed by atoms with van der Waals surface area (Å²) in [4.78, 5) is 14.2. The van der Waals surface area contributed by atoms with E-state index in [1.54, 1.807) is 11.3 Å². The van der Waals surface area contributed by atoms with Crippen LogP contribution in [0.3, 0.4) is 0 Å². The van der Waals surface area contributed by atoms with Gasteiger partial charge in [0.05, 0.1) is 16.4 Å². The van der Waals surface area contributed by atoms with Crippen molar-refractivity contribution in [2.45, 2.75) is 26.9 Å². The standard InChI is InChI=1S/C20H23ClN4OS/c1-14-19(23-20(26-14)16-4-3-5-17(21)10-16)12-25-8-6-24(7-9-25)11-18-13-27-15(2)22-18/h3-5,10,13H,6-9,11-12H2,1-2H3. The molecule has 3 aromatic rings. The van der Waals surface area contributed by atoms with Gasteiger partial charge < -0.3 is 4.42 Å². The van der Waals surface area contributed by atoms with Gasteiger partial charge in [-0.25, -0.2) is 9.97 Å².